The molecule has 0 bridgehead atoms. The molecule has 3 aliphatic rings. The van der Waals surface area contributed by atoms with Crippen molar-refractivity contribution in [3.05, 3.63) is 80.2 Å². The summed E-state index contributed by atoms with van der Waals surface area (Å²) in [5.74, 6) is -1.49. The lowest BCUT2D eigenvalue weighted by atomic mass is 9.63. The Labute approximate surface area is 203 Å². The maximum Gasteiger partial charge on any atom is 0.339 e. The molecule has 1 unspecified atom stereocenters. The number of halogens is 2. The lowest BCUT2D eigenvalue weighted by molar-refractivity contribution is -0.138. The van der Waals surface area contributed by atoms with E-state index in [1.807, 2.05) is 24.3 Å². The fourth-order valence-corrected chi connectivity index (χ4v) is 5.50. The lowest BCUT2D eigenvalue weighted by Gasteiger charge is -2.44. The number of esters is 1. The second kappa shape index (κ2) is 7.74. The molecule has 9 heteroatoms. The number of carbonyl (C=O) groups is 3. The number of carbonyl (C=O) groups excluding carboxylic acids is 3. The summed E-state index contributed by atoms with van der Waals surface area (Å²) in [7, 11) is 1.22. The molecule has 2 aromatic rings. The van der Waals surface area contributed by atoms with Crippen molar-refractivity contribution in [1.82, 2.24) is 0 Å². The molecular formula is C24H19BrClN3O4. The summed E-state index contributed by atoms with van der Waals surface area (Å²) in [4.78, 5) is 42.2. The maximum absolute atomic E-state index is 13.7. The van der Waals surface area contributed by atoms with Crippen LogP contribution in [0.15, 0.2) is 69.6 Å². The van der Waals surface area contributed by atoms with Gasteiger partial charge in [-0.3, -0.25) is 14.5 Å². The van der Waals surface area contributed by atoms with Gasteiger partial charge in [-0.25, -0.2) is 4.79 Å². The SMILES string of the molecule is COC(=O)C1=C(N)N(c2ccc(Br)cc2)C2=C(C(=O)CCC2)C12C(=O)Nc1ccc(Cl)cc12. The van der Waals surface area contributed by atoms with E-state index in [2.05, 4.69) is 21.2 Å². The molecule has 168 valence electrons. The molecule has 5 rings (SSSR count). The largest absolute Gasteiger partial charge is 0.466 e. The zero-order chi connectivity index (χ0) is 23.5. The van der Waals surface area contributed by atoms with Crippen molar-refractivity contribution < 1.29 is 19.1 Å². The van der Waals surface area contributed by atoms with Crippen LogP contribution in [-0.2, 0) is 24.5 Å². The first kappa shape index (κ1) is 21.7. The van der Waals surface area contributed by atoms with E-state index in [1.54, 1.807) is 23.1 Å². The van der Waals surface area contributed by atoms with Gasteiger partial charge < -0.3 is 15.8 Å². The van der Waals surface area contributed by atoms with Crippen molar-refractivity contribution >= 4 is 56.6 Å². The highest BCUT2D eigenvalue weighted by Gasteiger charge is 2.62. The summed E-state index contributed by atoms with van der Waals surface area (Å²) in [6, 6.07) is 12.2. The molecule has 1 atom stereocenters. The zero-order valence-corrected chi connectivity index (χ0v) is 19.9. The number of Topliss-reactive ketones (excluding diaryl/α,β-unsaturated/α-hetero) is 1. The molecule has 2 aliphatic heterocycles. The third-order valence-corrected chi connectivity index (χ3v) is 7.11. The highest BCUT2D eigenvalue weighted by atomic mass is 79.9. The number of fused-ring (bicyclic) bond motifs is 3. The zero-order valence-electron chi connectivity index (χ0n) is 17.6. The second-order valence-corrected chi connectivity index (χ2v) is 9.41. The van der Waals surface area contributed by atoms with Gasteiger partial charge in [-0.05, 0) is 55.3 Å². The monoisotopic (exact) mass is 527 g/mol. The Morgan fingerprint density at radius 2 is 1.91 bits per heavy atom. The summed E-state index contributed by atoms with van der Waals surface area (Å²) in [6.07, 6.45) is 1.37. The van der Waals surface area contributed by atoms with E-state index in [-0.39, 0.29) is 29.2 Å². The van der Waals surface area contributed by atoms with Crippen LogP contribution in [0.3, 0.4) is 0 Å². The van der Waals surface area contributed by atoms with E-state index in [4.69, 9.17) is 22.1 Å². The number of hydrogen-bond acceptors (Lipinski definition) is 6. The summed E-state index contributed by atoms with van der Waals surface area (Å²) in [6.45, 7) is 0. The fraction of sp³-hybridized carbons (Fsp3) is 0.208. The normalized spacial score (nSPS) is 21.8. The molecule has 2 aromatic carbocycles. The molecule has 0 saturated carbocycles. The van der Waals surface area contributed by atoms with Crippen LogP contribution in [0.1, 0.15) is 24.8 Å². The number of ketones is 1. The van der Waals surface area contributed by atoms with Crippen LogP contribution in [0, 0.1) is 0 Å². The number of rotatable bonds is 2. The van der Waals surface area contributed by atoms with E-state index in [1.165, 1.54) is 7.11 Å². The topological polar surface area (TPSA) is 102 Å². The van der Waals surface area contributed by atoms with Gasteiger partial charge >= 0.3 is 5.97 Å². The Balaban J connectivity index is 1.91. The second-order valence-electron chi connectivity index (χ2n) is 8.06. The van der Waals surface area contributed by atoms with Crippen LogP contribution < -0.4 is 16.0 Å². The minimum atomic E-state index is -1.74. The number of anilines is 2. The van der Waals surface area contributed by atoms with Crippen molar-refractivity contribution in [3.8, 4) is 0 Å². The molecule has 2 heterocycles. The minimum absolute atomic E-state index is 0.0422. The van der Waals surface area contributed by atoms with Crippen molar-refractivity contribution in [2.24, 2.45) is 5.73 Å². The smallest absolute Gasteiger partial charge is 0.339 e. The van der Waals surface area contributed by atoms with Gasteiger partial charge in [-0.15, -0.1) is 0 Å². The molecule has 1 aliphatic carbocycles. The molecule has 3 N–H and O–H groups in total. The van der Waals surface area contributed by atoms with Gasteiger partial charge in [-0.1, -0.05) is 27.5 Å². The van der Waals surface area contributed by atoms with E-state index < -0.39 is 17.3 Å². The first-order valence-corrected chi connectivity index (χ1v) is 11.5. The Bertz CT molecular complexity index is 1300. The Morgan fingerprint density at radius 1 is 1.18 bits per heavy atom. The molecular weight excluding hydrogens is 510 g/mol. The third kappa shape index (κ3) is 2.97. The molecule has 7 nitrogen and oxygen atoms in total. The summed E-state index contributed by atoms with van der Waals surface area (Å²) in [5.41, 5.74) is 7.23. The van der Waals surface area contributed by atoms with Gasteiger partial charge in [0, 0.05) is 44.1 Å². The van der Waals surface area contributed by atoms with Gasteiger partial charge in [0.1, 0.15) is 16.8 Å². The molecule has 0 radical (unpaired) electrons. The van der Waals surface area contributed by atoms with E-state index >= 15 is 0 Å². The van der Waals surface area contributed by atoms with E-state index in [9.17, 15) is 14.4 Å². The molecule has 1 spiro atoms. The number of nitrogens with one attached hydrogen (secondary N) is 1. The number of hydrogen-bond donors (Lipinski definition) is 2. The van der Waals surface area contributed by atoms with Crippen LogP contribution in [0.2, 0.25) is 5.02 Å². The number of nitrogens with two attached hydrogens (primary N) is 1. The van der Waals surface area contributed by atoms with Gasteiger partial charge in [0.2, 0.25) is 5.91 Å². The predicted molar refractivity (Wildman–Crippen MR) is 127 cm³/mol. The molecule has 1 amide bonds. The van der Waals surface area contributed by atoms with Crippen molar-refractivity contribution in [2.45, 2.75) is 24.7 Å². The predicted octanol–water partition coefficient (Wildman–Crippen LogP) is 4.16. The van der Waals surface area contributed by atoms with E-state index in [0.717, 1.165) is 4.47 Å². The lowest BCUT2D eigenvalue weighted by Crippen LogP contribution is -2.53. The quantitative estimate of drug-likeness (QED) is 0.568. The summed E-state index contributed by atoms with van der Waals surface area (Å²) in [5, 5.41) is 3.19. The molecule has 0 saturated heterocycles. The van der Waals surface area contributed by atoms with E-state index in [0.29, 0.717) is 40.5 Å². The number of methoxy groups -OCH3 is 1. The molecule has 0 aromatic heterocycles. The van der Waals surface area contributed by atoms with Crippen molar-refractivity contribution in [1.29, 1.82) is 0 Å². The van der Waals surface area contributed by atoms with Gasteiger partial charge in [-0.2, -0.15) is 0 Å². The first-order valence-electron chi connectivity index (χ1n) is 10.3. The number of amides is 1. The van der Waals surface area contributed by atoms with Crippen LogP contribution in [-0.4, -0.2) is 24.8 Å². The number of allylic oxidation sites excluding steroid dienone is 1. The Hall–Kier alpha value is -3.10. The standard InChI is InChI=1S/C24H19BrClN3O4/c1-33-22(31)20-21(27)29(14-8-5-12(25)6-9-14)17-3-2-4-18(30)19(17)24(20)15-11-13(26)7-10-16(15)28-23(24)32/h5-11H,2-4,27H2,1H3,(H,28,32). The first-order chi connectivity index (χ1) is 15.8. The van der Waals surface area contributed by atoms with Crippen LogP contribution in [0.4, 0.5) is 11.4 Å². The molecule has 33 heavy (non-hydrogen) atoms. The van der Waals surface area contributed by atoms with Gasteiger partial charge in [0.15, 0.2) is 5.78 Å². The van der Waals surface area contributed by atoms with Gasteiger partial charge in [0.05, 0.1) is 7.11 Å². The Kier molecular flexibility index (Phi) is 5.10. The van der Waals surface area contributed by atoms with Gasteiger partial charge in [0.25, 0.3) is 0 Å². The highest BCUT2D eigenvalue weighted by Crippen LogP contribution is 2.55. The minimum Gasteiger partial charge on any atom is -0.466 e. The number of nitrogens with zero attached hydrogens (tertiary/aromatic N) is 1. The van der Waals surface area contributed by atoms with Crippen molar-refractivity contribution in [2.75, 3.05) is 17.3 Å². The molecule has 0 fully saturated rings. The number of benzene rings is 2. The van der Waals surface area contributed by atoms with Crippen LogP contribution >= 0.6 is 27.5 Å². The Morgan fingerprint density at radius 3 is 2.61 bits per heavy atom. The maximum atomic E-state index is 13.7. The summed E-state index contributed by atoms with van der Waals surface area (Å²) < 4.78 is 5.96. The third-order valence-electron chi connectivity index (χ3n) is 6.35. The number of ether oxygens (including phenoxy) is 1. The highest BCUT2D eigenvalue weighted by molar-refractivity contribution is 9.10. The fourth-order valence-electron chi connectivity index (χ4n) is 5.07. The van der Waals surface area contributed by atoms with Crippen LogP contribution in [0.5, 0.6) is 0 Å². The average Bonchev–Trinajstić information content (AvgIpc) is 3.06. The van der Waals surface area contributed by atoms with Crippen LogP contribution in [0.25, 0.3) is 0 Å². The average molecular weight is 529 g/mol. The summed E-state index contributed by atoms with van der Waals surface area (Å²) >= 11 is 9.73. The van der Waals surface area contributed by atoms with Crippen molar-refractivity contribution in [3.63, 3.8) is 0 Å².